The van der Waals surface area contributed by atoms with Crippen LogP contribution < -0.4 is 16.2 Å². The maximum absolute atomic E-state index is 12.7. The van der Waals surface area contributed by atoms with Crippen molar-refractivity contribution in [1.82, 2.24) is 16.2 Å². The third kappa shape index (κ3) is 3.29. The van der Waals surface area contributed by atoms with Crippen molar-refractivity contribution < 1.29 is 14.3 Å². The largest absolute Gasteiger partial charge is 0.384 e. The summed E-state index contributed by atoms with van der Waals surface area (Å²) < 4.78 is 11.1. The number of benzene rings is 1. The topological polar surface area (TPSA) is 71.6 Å². The highest BCUT2D eigenvalue weighted by atomic mass is 35.5. The first-order chi connectivity index (χ1) is 12.2. The predicted molar refractivity (Wildman–Crippen MR) is 94.0 cm³/mol. The zero-order valence-corrected chi connectivity index (χ0v) is 15.0. The smallest absolute Gasteiger partial charge is 0.238 e. The summed E-state index contributed by atoms with van der Waals surface area (Å²) >= 11 is 5.94. The molecule has 0 bridgehead atoms. The fourth-order valence-corrected chi connectivity index (χ4v) is 4.47. The maximum Gasteiger partial charge on any atom is 0.238 e. The van der Waals surface area contributed by atoms with Crippen molar-refractivity contribution in [3.8, 4) is 0 Å². The van der Waals surface area contributed by atoms with Gasteiger partial charge in [-0.2, -0.15) is 0 Å². The third-order valence-corrected chi connectivity index (χ3v) is 5.94. The SMILES string of the molecule is COC[C@H]1[C@@H](NC(=O)C2CC(c3ccc(Cl)cc3)NN2)[C@@H]2CCO[C@@H]21. The molecule has 1 amide bonds. The van der Waals surface area contributed by atoms with E-state index in [0.29, 0.717) is 24.0 Å². The summed E-state index contributed by atoms with van der Waals surface area (Å²) in [7, 11) is 1.69. The molecular weight excluding hydrogens is 342 g/mol. The summed E-state index contributed by atoms with van der Waals surface area (Å²) in [5.41, 5.74) is 7.46. The summed E-state index contributed by atoms with van der Waals surface area (Å²) in [6.45, 7) is 1.40. The second kappa shape index (κ2) is 7.21. The lowest BCUT2D eigenvalue weighted by Crippen LogP contribution is -2.64. The summed E-state index contributed by atoms with van der Waals surface area (Å²) in [5.74, 6) is 0.716. The highest BCUT2D eigenvalue weighted by Crippen LogP contribution is 2.43. The fraction of sp³-hybridized carbons (Fsp3) is 0.611. The number of nitrogens with one attached hydrogen (secondary N) is 3. The van der Waals surface area contributed by atoms with Gasteiger partial charge in [0, 0.05) is 42.7 Å². The molecule has 0 spiro atoms. The summed E-state index contributed by atoms with van der Waals surface area (Å²) in [4.78, 5) is 12.7. The van der Waals surface area contributed by atoms with Crippen LogP contribution in [-0.2, 0) is 14.3 Å². The van der Waals surface area contributed by atoms with Crippen LogP contribution in [0.15, 0.2) is 24.3 Å². The van der Waals surface area contributed by atoms with Crippen molar-refractivity contribution in [2.75, 3.05) is 20.3 Å². The van der Waals surface area contributed by atoms with Crippen molar-refractivity contribution in [3.05, 3.63) is 34.9 Å². The Morgan fingerprint density at radius 2 is 2.16 bits per heavy atom. The van der Waals surface area contributed by atoms with Crippen molar-refractivity contribution >= 4 is 17.5 Å². The van der Waals surface area contributed by atoms with Crippen LogP contribution in [-0.4, -0.2) is 44.4 Å². The van der Waals surface area contributed by atoms with Gasteiger partial charge in [-0.3, -0.25) is 4.79 Å². The molecule has 6 atom stereocenters. The van der Waals surface area contributed by atoms with E-state index in [1.54, 1.807) is 7.11 Å². The molecule has 136 valence electrons. The van der Waals surface area contributed by atoms with Crippen LogP contribution in [0.25, 0.3) is 0 Å². The van der Waals surface area contributed by atoms with E-state index in [1.807, 2.05) is 24.3 Å². The first kappa shape index (κ1) is 17.2. The molecule has 4 rings (SSSR count). The van der Waals surface area contributed by atoms with Gasteiger partial charge in [-0.1, -0.05) is 23.7 Å². The number of hydrogen-bond donors (Lipinski definition) is 3. The molecule has 3 N–H and O–H groups in total. The van der Waals surface area contributed by atoms with Gasteiger partial charge in [-0.15, -0.1) is 0 Å². The number of methoxy groups -OCH3 is 1. The maximum atomic E-state index is 12.7. The number of carbonyl (C=O) groups excluding carboxylic acids is 1. The lowest BCUT2D eigenvalue weighted by Gasteiger charge is -2.47. The Bertz CT molecular complexity index is 626. The highest BCUT2D eigenvalue weighted by molar-refractivity contribution is 6.30. The zero-order chi connectivity index (χ0) is 17.4. The first-order valence-electron chi connectivity index (χ1n) is 8.85. The van der Waals surface area contributed by atoms with E-state index in [0.717, 1.165) is 18.6 Å². The Hall–Kier alpha value is -1.18. The van der Waals surface area contributed by atoms with Gasteiger partial charge in [0.2, 0.25) is 5.91 Å². The van der Waals surface area contributed by atoms with E-state index in [1.165, 1.54) is 0 Å². The van der Waals surface area contributed by atoms with E-state index in [2.05, 4.69) is 16.2 Å². The Balaban J connectivity index is 1.35. The summed E-state index contributed by atoms with van der Waals surface area (Å²) in [5, 5.41) is 3.94. The van der Waals surface area contributed by atoms with Crippen LogP contribution >= 0.6 is 11.6 Å². The molecular formula is C18H24ClN3O3. The highest BCUT2D eigenvalue weighted by Gasteiger charge is 2.54. The standard InChI is InChI=1S/C18H24ClN3O3/c1-24-9-13-16(12-6-7-25-17(12)13)20-18(23)15-8-14(21-22-15)10-2-4-11(19)5-3-10/h2-5,12-17,21-22H,6-9H2,1H3,(H,20,23)/t12-,13-,14?,15?,16-,17-/m0/s1. The van der Waals surface area contributed by atoms with E-state index in [-0.39, 0.29) is 36.1 Å². The minimum atomic E-state index is -0.245. The van der Waals surface area contributed by atoms with E-state index in [4.69, 9.17) is 21.1 Å². The van der Waals surface area contributed by atoms with Gasteiger partial charge in [0.15, 0.2) is 0 Å². The number of hydrazine groups is 1. The molecule has 2 aliphatic heterocycles. The number of amides is 1. The average Bonchev–Trinajstić information content (AvgIpc) is 3.26. The van der Waals surface area contributed by atoms with Crippen molar-refractivity contribution in [2.24, 2.45) is 11.8 Å². The van der Waals surface area contributed by atoms with Gasteiger partial charge in [0.05, 0.1) is 12.7 Å². The lowest BCUT2D eigenvalue weighted by molar-refractivity contribution is -0.131. The molecule has 1 aliphatic carbocycles. The zero-order valence-electron chi connectivity index (χ0n) is 14.2. The molecule has 25 heavy (non-hydrogen) atoms. The minimum absolute atomic E-state index is 0.0421. The third-order valence-electron chi connectivity index (χ3n) is 5.69. The number of carbonyl (C=O) groups is 1. The molecule has 1 aromatic carbocycles. The Morgan fingerprint density at radius 3 is 2.92 bits per heavy atom. The van der Waals surface area contributed by atoms with Crippen LogP contribution in [0.1, 0.15) is 24.4 Å². The molecule has 1 saturated carbocycles. The number of fused-ring (bicyclic) bond motifs is 1. The second-order valence-electron chi connectivity index (χ2n) is 7.12. The van der Waals surface area contributed by atoms with Gasteiger partial charge < -0.3 is 14.8 Å². The van der Waals surface area contributed by atoms with E-state index in [9.17, 15) is 4.79 Å². The number of rotatable bonds is 5. The van der Waals surface area contributed by atoms with Crippen LogP contribution in [0, 0.1) is 11.8 Å². The normalized spacial score (nSPS) is 36.7. The van der Waals surface area contributed by atoms with E-state index >= 15 is 0 Å². The van der Waals surface area contributed by atoms with Crippen LogP contribution in [0.5, 0.6) is 0 Å². The van der Waals surface area contributed by atoms with Gasteiger partial charge in [-0.25, -0.2) is 10.9 Å². The number of halogens is 1. The fourth-order valence-electron chi connectivity index (χ4n) is 4.34. The molecule has 6 nitrogen and oxygen atoms in total. The monoisotopic (exact) mass is 365 g/mol. The molecule has 1 aromatic rings. The average molecular weight is 366 g/mol. The van der Waals surface area contributed by atoms with Crippen LogP contribution in [0.3, 0.4) is 0 Å². The number of ether oxygens (including phenoxy) is 2. The molecule has 0 radical (unpaired) electrons. The second-order valence-corrected chi connectivity index (χ2v) is 7.56. The first-order valence-corrected chi connectivity index (χ1v) is 9.22. The Kier molecular flexibility index (Phi) is 4.97. The number of hydrogen-bond acceptors (Lipinski definition) is 5. The lowest BCUT2D eigenvalue weighted by atomic mass is 9.67. The molecule has 3 aliphatic rings. The minimum Gasteiger partial charge on any atom is -0.384 e. The van der Waals surface area contributed by atoms with Gasteiger partial charge in [0.1, 0.15) is 6.04 Å². The molecule has 2 heterocycles. The summed E-state index contributed by atoms with van der Waals surface area (Å²) in [6.07, 6.45) is 1.96. The quantitative estimate of drug-likeness (QED) is 0.736. The van der Waals surface area contributed by atoms with Crippen LogP contribution in [0.4, 0.5) is 0 Å². The van der Waals surface area contributed by atoms with Crippen LogP contribution in [0.2, 0.25) is 5.02 Å². The molecule has 2 unspecified atom stereocenters. The van der Waals surface area contributed by atoms with Crippen molar-refractivity contribution in [3.63, 3.8) is 0 Å². The van der Waals surface area contributed by atoms with Crippen molar-refractivity contribution in [2.45, 2.75) is 37.1 Å². The predicted octanol–water partition coefficient (Wildman–Crippen LogP) is 1.41. The van der Waals surface area contributed by atoms with E-state index < -0.39 is 0 Å². The molecule has 2 saturated heterocycles. The summed E-state index contributed by atoms with van der Waals surface area (Å²) in [6, 6.07) is 7.73. The van der Waals surface area contributed by atoms with Gasteiger partial charge >= 0.3 is 0 Å². The molecule has 7 heteroatoms. The Labute approximate surface area is 152 Å². The van der Waals surface area contributed by atoms with Crippen molar-refractivity contribution in [1.29, 1.82) is 0 Å². The van der Waals surface area contributed by atoms with Gasteiger partial charge in [-0.05, 0) is 30.5 Å². The van der Waals surface area contributed by atoms with Gasteiger partial charge in [0.25, 0.3) is 0 Å². The molecule has 0 aromatic heterocycles. The Morgan fingerprint density at radius 1 is 1.36 bits per heavy atom. The molecule has 3 fully saturated rings.